The van der Waals surface area contributed by atoms with Crippen molar-refractivity contribution in [1.29, 1.82) is 0 Å². The van der Waals surface area contributed by atoms with Crippen molar-refractivity contribution in [2.24, 2.45) is 7.05 Å². The Bertz CT molecular complexity index is 1250. The number of hydrogen-bond acceptors (Lipinski definition) is 5. The zero-order chi connectivity index (χ0) is 21.5. The number of nitrogens with one attached hydrogen (secondary N) is 1. The van der Waals surface area contributed by atoms with E-state index in [0.29, 0.717) is 11.8 Å². The number of carbonyl (C=O) groups is 1. The van der Waals surface area contributed by atoms with Crippen LogP contribution in [0.5, 0.6) is 0 Å². The standard InChI is InChI=1S/C24H25N5O2/c1-15(30)25-19-9-6-16(7-10-19)22-14-18-13-17(8-11-20(18)29(22)3)23-26-27-24(31-23)21-5-4-12-28(21)2/h6-11,13-14,21H,4-5,12H2,1-3H3,(H,25,30). The quantitative estimate of drug-likeness (QED) is 0.526. The third-order valence-electron chi connectivity index (χ3n) is 6.04. The van der Waals surface area contributed by atoms with E-state index in [1.807, 2.05) is 30.3 Å². The smallest absolute Gasteiger partial charge is 0.247 e. The SMILES string of the molecule is CC(=O)Nc1ccc(-c2cc3cc(-c4nnc(C5CCCN5C)o4)ccc3n2C)cc1. The molecule has 31 heavy (non-hydrogen) atoms. The topological polar surface area (TPSA) is 76.2 Å². The Morgan fingerprint density at radius 2 is 1.84 bits per heavy atom. The second kappa shape index (κ2) is 7.67. The van der Waals surface area contributed by atoms with Crippen molar-refractivity contribution < 1.29 is 9.21 Å². The number of carbonyl (C=O) groups excluding carboxylic acids is 1. The summed E-state index contributed by atoms with van der Waals surface area (Å²) in [7, 11) is 4.15. The molecule has 1 aliphatic heterocycles. The van der Waals surface area contributed by atoms with E-state index in [9.17, 15) is 4.79 Å². The Morgan fingerprint density at radius 3 is 2.55 bits per heavy atom. The van der Waals surface area contributed by atoms with E-state index in [1.54, 1.807) is 0 Å². The first-order valence-electron chi connectivity index (χ1n) is 10.5. The largest absolute Gasteiger partial charge is 0.419 e. The molecule has 3 heterocycles. The zero-order valence-electron chi connectivity index (χ0n) is 17.9. The Kier molecular flexibility index (Phi) is 4.82. The van der Waals surface area contributed by atoms with Gasteiger partial charge in [0.15, 0.2) is 0 Å². The number of nitrogens with zero attached hydrogens (tertiary/aromatic N) is 4. The summed E-state index contributed by atoms with van der Waals surface area (Å²) in [6, 6.07) is 16.5. The number of fused-ring (bicyclic) bond motifs is 1. The molecular weight excluding hydrogens is 390 g/mol. The minimum atomic E-state index is -0.0753. The molecule has 0 aliphatic carbocycles. The summed E-state index contributed by atoms with van der Waals surface area (Å²) >= 11 is 0. The maximum atomic E-state index is 11.2. The third kappa shape index (κ3) is 3.61. The van der Waals surface area contributed by atoms with E-state index < -0.39 is 0 Å². The normalized spacial score (nSPS) is 16.8. The van der Waals surface area contributed by atoms with E-state index in [2.05, 4.69) is 57.3 Å². The van der Waals surface area contributed by atoms with Crippen LogP contribution < -0.4 is 5.32 Å². The molecule has 7 heteroatoms. The van der Waals surface area contributed by atoms with Crippen LogP contribution in [-0.2, 0) is 11.8 Å². The summed E-state index contributed by atoms with van der Waals surface area (Å²) in [6.45, 7) is 2.57. The molecule has 2 aromatic carbocycles. The van der Waals surface area contributed by atoms with Gasteiger partial charge in [-0.2, -0.15) is 0 Å². The van der Waals surface area contributed by atoms with E-state index in [-0.39, 0.29) is 11.9 Å². The van der Waals surface area contributed by atoms with E-state index in [1.165, 1.54) is 6.92 Å². The van der Waals surface area contributed by atoms with E-state index in [0.717, 1.165) is 52.8 Å². The highest BCUT2D eigenvalue weighted by Gasteiger charge is 2.27. The lowest BCUT2D eigenvalue weighted by molar-refractivity contribution is -0.114. The van der Waals surface area contributed by atoms with Crippen LogP contribution in [0.2, 0.25) is 0 Å². The number of amides is 1. The number of benzene rings is 2. The Balaban J connectivity index is 1.46. The van der Waals surface area contributed by atoms with Gasteiger partial charge >= 0.3 is 0 Å². The van der Waals surface area contributed by atoms with Gasteiger partial charge in [-0.3, -0.25) is 9.69 Å². The average molecular weight is 415 g/mol. The molecule has 0 radical (unpaired) electrons. The number of hydrogen-bond donors (Lipinski definition) is 1. The van der Waals surface area contributed by atoms with Crippen molar-refractivity contribution in [3.8, 4) is 22.7 Å². The van der Waals surface area contributed by atoms with Gasteiger partial charge in [0.2, 0.25) is 17.7 Å². The molecule has 7 nitrogen and oxygen atoms in total. The lowest BCUT2D eigenvalue weighted by Crippen LogP contribution is -2.17. The van der Waals surface area contributed by atoms with Gasteiger partial charge in [0, 0.05) is 41.8 Å². The molecule has 1 unspecified atom stereocenters. The van der Waals surface area contributed by atoms with Crippen LogP contribution in [0.25, 0.3) is 33.6 Å². The predicted octanol–water partition coefficient (Wildman–Crippen LogP) is 4.62. The molecular formula is C24H25N5O2. The summed E-state index contributed by atoms with van der Waals surface area (Å²) in [5.74, 6) is 1.18. The summed E-state index contributed by atoms with van der Waals surface area (Å²) in [5.41, 5.74) is 5.02. The maximum absolute atomic E-state index is 11.2. The molecule has 1 amide bonds. The van der Waals surface area contributed by atoms with Gasteiger partial charge in [-0.25, -0.2) is 0 Å². The van der Waals surface area contributed by atoms with E-state index in [4.69, 9.17) is 4.42 Å². The number of aryl methyl sites for hydroxylation is 1. The molecule has 0 spiro atoms. The first kappa shape index (κ1) is 19.5. The summed E-state index contributed by atoms with van der Waals surface area (Å²) < 4.78 is 8.20. The predicted molar refractivity (Wildman–Crippen MR) is 121 cm³/mol. The van der Waals surface area contributed by atoms with Gasteiger partial charge < -0.3 is 14.3 Å². The molecule has 5 rings (SSSR count). The minimum Gasteiger partial charge on any atom is -0.419 e. The number of rotatable bonds is 4. The van der Waals surface area contributed by atoms with Crippen LogP contribution >= 0.6 is 0 Å². The molecule has 1 fully saturated rings. The van der Waals surface area contributed by atoms with Gasteiger partial charge in [0.1, 0.15) is 0 Å². The van der Waals surface area contributed by atoms with Crippen LogP contribution in [0.3, 0.4) is 0 Å². The number of anilines is 1. The summed E-state index contributed by atoms with van der Waals surface area (Å²) in [4.78, 5) is 13.5. The fourth-order valence-electron chi connectivity index (χ4n) is 4.40. The third-order valence-corrected chi connectivity index (χ3v) is 6.04. The van der Waals surface area contributed by atoms with Crippen LogP contribution in [0, 0.1) is 0 Å². The Hall–Kier alpha value is -3.45. The first-order chi connectivity index (χ1) is 15.0. The highest BCUT2D eigenvalue weighted by molar-refractivity contribution is 5.91. The first-order valence-corrected chi connectivity index (χ1v) is 10.5. The van der Waals surface area contributed by atoms with Crippen LogP contribution in [-0.4, -0.2) is 39.2 Å². The van der Waals surface area contributed by atoms with E-state index >= 15 is 0 Å². The zero-order valence-corrected chi connectivity index (χ0v) is 17.9. The highest BCUT2D eigenvalue weighted by Crippen LogP contribution is 2.33. The second-order valence-corrected chi connectivity index (χ2v) is 8.20. The van der Waals surface area contributed by atoms with Crippen LogP contribution in [0.1, 0.15) is 31.7 Å². The van der Waals surface area contributed by atoms with Gasteiger partial charge in [-0.15, -0.1) is 10.2 Å². The molecule has 1 aliphatic rings. The van der Waals surface area contributed by atoms with Crippen LogP contribution in [0.15, 0.2) is 52.9 Å². The molecule has 1 atom stereocenters. The number of aromatic nitrogens is 3. The van der Waals surface area contributed by atoms with Gasteiger partial charge in [0.05, 0.1) is 6.04 Å². The summed E-state index contributed by atoms with van der Waals surface area (Å²) in [6.07, 6.45) is 2.21. The number of likely N-dealkylation sites (tertiary alicyclic amines) is 1. The van der Waals surface area contributed by atoms with Crippen molar-refractivity contribution in [3.63, 3.8) is 0 Å². The van der Waals surface area contributed by atoms with Crippen molar-refractivity contribution in [3.05, 3.63) is 54.4 Å². The molecule has 1 N–H and O–H groups in total. The van der Waals surface area contributed by atoms with Gasteiger partial charge in [0.25, 0.3) is 0 Å². The van der Waals surface area contributed by atoms with Crippen LogP contribution in [0.4, 0.5) is 5.69 Å². The van der Waals surface area contributed by atoms with Crippen molar-refractivity contribution in [2.75, 3.05) is 18.9 Å². The fraction of sp³-hybridized carbons (Fsp3) is 0.292. The van der Waals surface area contributed by atoms with Gasteiger partial charge in [-0.1, -0.05) is 12.1 Å². The second-order valence-electron chi connectivity index (χ2n) is 8.20. The minimum absolute atomic E-state index is 0.0753. The molecule has 1 saturated heterocycles. The lowest BCUT2D eigenvalue weighted by Gasteiger charge is -2.14. The Labute approximate surface area is 180 Å². The molecule has 2 aromatic heterocycles. The van der Waals surface area contributed by atoms with Gasteiger partial charge in [-0.05, 0) is 68.4 Å². The summed E-state index contributed by atoms with van der Waals surface area (Å²) in [5, 5.41) is 12.5. The van der Waals surface area contributed by atoms with Crippen molar-refractivity contribution in [2.45, 2.75) is 25.8 Å². The Morgan fingerprint density at radius 1 is 1.06 bits per heavy atom. The average Bonchev–Trinajstić information content (AvgIpc) is 3.47. The van der Waals surface area contributed by atoms with Crippen molar-refractivity contribution >= 4 is 22.5 Å². The fourth-order valence-corrected chi connectivity index (χ4v) is 4.40. The molecule has 158 valence electrons. The molecule has 0 bridgehead atoms. The monoisotopic (exact) mass is 415 g/mol. The molecule has 4 aromatic rings. The van der Waals surface area contributed by atoms with Crippen molar-refractivity contribution in [1.82, 2.24) is 19.7 Å². The highest BCUT2D eigenvalue weighted by atomic mass is 16.4. The maximum Gasteiger partial charge on any atom is 0.247 e. The molecule has 0 saturated carbocycles. The lowest BCUT2D eigenvalue weighted by atomic mass is 10.1.